The number of carboxylic acid groups (broad SMARTS) is 1. The molecule has 2 aliphatic heterocycles. The van der Waals surface area contributed by atoms with Crippen molar-refractivity contribution in [3.63, 3.8) is 0 Å². The van der Waals surface area contributed by atoms with Gasteiger partial charge in [0.15, 0.2) is 30.8 Å². The van der Waals surface area contributed by atoms with Crippen molar-refractivity contribution in [2.45, 2.75) is 74.4 Å². The number of nitrogen functional groups attached to an aromatic ring is 2. The van der Waals surface area contributed by atoms with E-state index in [1.165, 1.54) is 24.3 Å². The summed E-state index contributed by atoms with van der Waals surface area (Å²) in [5.74, 6) is -1.35. The van der Waals surface area contributed by atoms with Gasteiger partial charge in [-0.3, -0.25) is 37.6 Å². The van der Waals surface area contributed by atoms with Crippen molar-refractivity contribution in [2.24, 2.45) is 0 Å². The van der Waals surface area contributed by atoms with Crippen molar-refractivity contribution in [1.82, 2.24) is 19.1 Å². The summed E-state index contributed by atoms with van der Waals surface area (Å²) in [6, 6.07) is 8.04. The number of phosphoric ester groups is 2. The molecule has 0 saturated carbocycles. The molecular formula is C67H113N7O47P7+5. The minimum atomic E-state index is -5.44. The molecule has 10 N–H and O–H groups in total. The fraction of sp³-hybridized carbons (Fsp3) is 0.776. The van der Waals surface area contributed by atoms with Gasteiger partial charge in [-0.25, -0.2) is 18.7 Å². The minimum Gasteiger partial charge on any atom is -0.481 e. The van der Waals surface area contributed by atoms with Gasteiger partial charge in [-0.2, -0.15) is 9.97 Å². The number of carboxylic acids is 1. The number of aliphatic hydroxyl groups excluding tert-OH is 2. The van der Waals surface area contributed by atoms with Gasteiger partial charge >= 0.3 is 74.0 Å². The molecule has 54 nitrogen and oxygen atoms in total. The van der Waals surface area contributed by atoms with Crippen LogP contribution in [0.5, 0.6) is 0 Å². The lowest BCUT2D eigenvalue weighted by molar-refractivity contribution is -0.386. The molecule has 1 aromatic carbocycles. The Morgan fingerprint density at radius 2 is 0.797 bits per heavy atom. The van der Waals surface area contributed by atoms with Gasteiger partial charge in [0.1, 0.15) is 88.4 Å². The van der Waals surface area contributed by atoms with Gasteiger partial charge < -0.3 is 122 Å². The number of aliphatic hydroxyl groups is 2. The third-order valence-electron chi connectivity index (χ3n) is 16.2. The summed E-state index contributed by atoms with van der Waals surface area (Å²) in [6.07, 6.45) is -13.0. The summed E-state index contributed by atoms with van der Waals surface area (Å²) in [6.45, 7) is 3.98. The molecule has 15 atom stereocenters. The first-order chi connectivity index (χ1) is 61.7. The first-order valence-corrected chi connectivity index (χ1v) is 48.4. The van der Waals surface area contributed by atoms with Crippen LogP contribution in [0.3, 0.4) is 0 Å². The molecule has 0 amide bonds. The number of ether oxygens (including phenoxy) is 17. The fourth-order valence-electron chi connectivity index (χ4n) is 10.4. The summed E-state index contributed by atoms with van der Waals surface area (Å²) in [4.78, 5) is 83.5. The summed E-state index contributed by atoms with van der Waals surface area (Å²) >= 11 is 0. The van der Waals surface area contributed by atoms with Gasteiger partial charge in [0.2, 0.25) is 0 Å². The molecule has 2 saturated heterocycles. The summed E-state index contributed by atoms with van der Waals surface area (Å²) in [5.41, 5.74) is 8.89. The zero-order chi connectivity index (χ0) is 92.8. The Bertz CT molecular complexity index is 3880. The van der Waals surface area contributed by atoms with E-state index in [2.05, 4.69) is 14.5 Å². The van der Waals surface area contributed by atoms with Crippen LogP contribution in [0.4, 0.5) is 17.3 Å². The summed E-state index contributed by atoms with van der Waals surface area (Å²) in [5, 5.41) is 42.8. The summed E-state index contributed by atoms with van der Waals surface area (Å²) < 4.78 is 243. The SMILES string of the molecule is Nc1ccn([C@@H]2O[C@H](COP(=O)(O)O[C@H]3[C@@H](O)[C@H](n4ccc(N)nc4=O)O[C@@H]3COP(=O)(O)O)[C@@H](O[P+](=O)OCCOCCOCCOCCOCCOCCO[P+](=O)OCCOCCOCCOCCOCCOCCO[P+](=O)OCCC(O[P+](=O)OCCOCCOCCOCCOCCOCCO[P+](=O)CCCC(=O)O)c3ccccc3[N+](=O)[O-])[C@H]2O)c(=O)n1. The molecule has 728 valence electrons. The number of rotatable bonds is 84. The van der Waals surface area contributed by atoms with E-state index in [0.29, 0.717) is 64.0 Å². The van der Waals surface area contributed by atoms with Crippen molar-refractivity contribution in [1.29, 1.82) is 0 Å². The number of para-hydroxylation sites is 1. The number of nitro benzene ring substituents is 1. The van der Waals surface area contributed by atoms with Crippen molar-refractivity contribution in [3.05, 3.63) is 85.4 Å². The molecule has 7 unspecified atom stereocenters. The van der Waals surface area contributed by atoms with E-state index in [0.717, 1.165) is 23.0 Å². The third-order valence-corrected chi connectivity index (χ3v) is 22.0. The molecule has 2 fully saturated rings. The minimum absolute atomic E-state index is 0.00836. The zero-order valence-electron chi connectivity index (χ0n) is 69.7. The Labute approximate surface area is 737 Å². The smallest absolute Gasteiger partial charge is 0.481 e. The largest absolute Gasteiger partial charge is 0.698 e. The number of hydrogen-bond donors (Lipinski definition) is 8. The molecular weight excluding hydrogens is 1870 g/mol. The van der Waals surface area contributed by atoms with Crippen LogP contribution in [0.15, 0.2) is 58.4 Å². The van der Waals surface area contributed by atoms with Crippen LogP contribution < -0.4 is 22.8 Å². The standard InChI is InChI=1S/C67H108N7O47P7/c68-57-7-10-72(66(79)70-57)64-60(77)62(55(117-64)51-116-128(91,92)121-63-56(50-115-127(88,89)90)118-65(61(63)78)73-11-8-58(69)71-67(73)80)120-126(87)114-48-42-107-36-30-101-24-18-95-16-22-99-28-34-105-40-46-112-124(85)111-45-39-104-33-27-98-21-15-94-14-20-97-26-32-103-38-44-110-123(84)109-12-9-54(52-4-1-2-5-53(52)74(81)82)119-125(86)113-47-41-106-35-29-100-23-17-93-13-19-96-25-31-102-37-43-108-122(83)49-3-6-59(75)76/h1-2,4-5,7-8,10-11,54-56,60-65,77-78H,3,6,9,12-51H2,(H3-5,68,69,70,71,75,76,79,80,88,89,90,91,92)/p+5/t54?,55-,56-,60-,61-,62-,63-,64-,65-/m1/s1. The fourth-order valence-corrected chi connectivity index (χ4v) is 15.0. The number of benzene rings is 1. The van der Waals surface area contributed by atoms with Crippen molar-refractivity contribution >= 4 is 80.0 Å². The van der Waals surface area contributed by atoms with Crippen molar-refractivity contribution in [2.75, 3.05) is 275 Å². The van der Waals surface area contributed by atoms with E-state index >= 15 is 0 Å². The Morgan fingerprint density at radius 3 is 1.16 bits per heavy atom. The average molecular weight is 1990 g/mol. The van der Waals surface area contributed by atoms with Crippen LogP contribution in [-0.4, -0.2) is 360 Å². The van der Waals surface area contributed by atoms with Crippen LogP contribution in [0.2, 0.25) is 0 Å². The quantitative estimate of drug-likeness (QED) is 0.0174. The Balaban J connectivity index is 0.752. The first-order valence-electron chi connectivity index (χ1n) is 39.6. The first kappa shape index (κ1) is 114. The van der Waals surface area contributed by atoms with E-state index < -0.39 is 147 Å². The van der Waals surface area contributed by atoms with Crippen molar-refractivity contribution in [3.8, 4) is 0 Å². The number of nitrogens with zero attached hydrogens (tertiary/aromatic N) is 5. The van der Waals surface area contributed by atoms with Gasteiger partial charge in [0.05, 0.1) is 222 Å². The van der Waals surface area contributed by atoms with Gasteiger partial charge in [-0.1, -0.05) is 12.1 Å². The number of nitro groups is 1. The second-order valence-electron chi connectivity index (χ2n) is 25.6. The van der Waals surface area contributed by atoms with E-state index in [1.807, 2.05) is 0 Å². The van der Waals surface area contributed by atoms with E-state index in [-0.39, 0.29) is 233 Å². The number of aromatic nitrogens is 4. The number of aliphatic carboxylic acids is 1. The normalized spacial score (nSPS) is 19.0. The lowest BCUT2D eigenvalue weighted by Gasteiger charge is -2.24. The van der Waals surface area contributed by atoms with Gasteiger partial charge in [-0.05, 0) is 22.8 Å². The summed E-state index contributed by atoms with van der Waals surface area (Å²) in [7, 11) is -23.5. The molecule has 0 radical (unpaired) electrons. The Hall–Kier alpha value is -4.95. The maximum absolute atomic E-state index is 13.4. The number of phosphoric acid groups is 2. The van der Waals surface area contributed by atoms with Gasteiger partial charge in [-0.15, -0.1) is 40.7 Å². The molecule has 3 aromatic rings. The molecule has 0 bridgehead atoms. The van der Waals surface area contributed by atoms with E-state index in [1.54, 1.807) is 6.07 Å². The molecule has 2 aliphatic rings. The number of nitrogens with two attached hydrogens (primary N) is 2. The highest BCUT2D eigenvalue weighted by atomic mass is 31.2. The molecule has 61 heteroatoms. The maximum atomic E-state index is 13.4. The number of hydrogen-bond acceptors (Lipinski definition) is 47. The molecule has 0 aliphatic carbocycles. The highest BCUT2D eigenvalue weighted by Crippen LogP contribution is 2.51. The predicted octanol–water partition coefficient (Wildman–Crippen LogP) is 2.84. The zero-order valence-corrected chi connectivity index (χ0v) is 75.9. The highest BCUT2D eigenvalue weighted by molar-refractivity contribution is 7.47. The maximum Gasteiger partial charge on any atom is 0.698 e. The molecule has 0 spiro atoms. The lowest BCUT2D eigenvalue weighted by atomic mass is 10.1. The molecule has 2 aromatic heterocycles. The molecule has 128 heavy (non-hydrogen) atoms. The van der Waals surface area contributed by atoms with Crippen LogP contribution in [0, 0.1) is 10.1 Å². The molecule has 5 rings (SSSR count). The van der Waals surface area contributed by atoms with Crippen molar-refractivity contribution < 1.29 is 206 Å². The molecule has 4 heterocycles. The lowest BCUT2D eigenvalue weighted by Crippen LogP contribution is -2.38. The van der Waals surface area contributed by atoms with Gasteiger partial charge in [0, 0.05) is 56.0 Å². The number of carbonyl (C=O) groups is 1. The number of anilines is 2. The Morgan fingerprint density at radius 1 is 0.469 bits per heavy atom. The Kier molecular flexibility index (Phi) is 61.2. The topological polar surface area (TPSA) is 691 Å². The third kappa shape index (κ3) is 52.1. The van der Waals surface area contributed by atoms with Crippen LogP contribution in [0.25, 0.3) is 0 Å². The van der Waals surface area contributed by atoms with Crippen LogP contribution in [0.1, 0.15) is 43.4 Å². The second-order valence-corrected chi connectivity index (χ2v) is 33.3. The van der Waals surface area contributed by atoms with Gasteiger partial charge in [0.25, 0.3) is 5.69 Å². The second kappa shape index (κ2) is 69.0. The van der Waals surface area contributed by atoms with Crippen LogP contribution in [-0.2, 0) is 172 Å². The van der Waals surface area contributed by atoms with E-state index in [4.69, 9.17) is 147 Å². The average Bonchev–Trinajstić information content (AvgIpc) is 1.63. The monoisotopic (exact) mass is 1980 g/mol. The highest BCUT2D eigenvalue weighted by Gasteiger charge is 2.54. The van der Waals surface area contributed by atoms with E-state index in [9.17, 15) is 81.3 Å². The predicted molar refractivity (Wildman–Crippen MR) is 434 cm³/mol. The van der Waals surface area contributed by atoms with Crippen LogP contribution >= 0.6 is 56.7 Å².